The van der Waals surface area contributed by atoms with Crippen molar-refractivity contribution in [2.75, 3.05) is 27.4 Å². The van der Waals surface area contributed by atoms with Crippen LogP contribution in [0.5, 0.6) is 11.5 Å². The first-order chi connectivity index (χ1) is 9.24. The van der Waals surface area contributed by atoms with Gasteiger partial charge >= 0.3 is 0 Å². The van der Waals surface area contributed by atoms with E-state index in [1.807, 2.05) is 12.1 Å². The molecule has 1 aliphatic heterocycles. The molecule has 4 nitrogen and oxygen atoms in total. The lowest BCUT2D eigenvalue weighted by molar-refractivity contribution is 0.110. The molecule has 1 heterocycles. The van der Waals surface area contributed by atoms with E-state index >= 15 is 0 Å². The summed E-state index contributed by atoms with van der Waals surface area (Å²) >= 11 is 3.50. The summed E-state index contributed by atoms with van der Waals surface area (Å²) in [5, 5.41) is 3.42. The standard InChI is InChI=1S/C14H20BrNO3/c1-17-13-7-10(6-12(15)14(13)18-2)8-16-9-11-4-3-5-19-11/h6-7,11,16H,3-5,8-9H2,1-2H3/t11-/m0/s1. The van der Waals surface area contributed by atoms with Crippen molar-refractivity contribution in [2.45, 2.75) is 25.5 Å². The predicted octanol–water partition coefficient (Wildman–Crippen LogP) is 2.73. The van der Waals surface area contributed by atoms with Gasteiger partial charge in [0.1, 0.15) is 0 Å². The van der Waals surface area contributed by atoms with E-state index in [2.05, 4.69) is 21.2 Å². The average Bonchev–Trinajstić information content (AvgIpc) is 2.91. The molecule has 0 spiro atoms. The molecule has 1 N–H and O–H groups in total. The average molecular weight is 330 g/mol. The van der Waals surface area contributed by atoms with Crippen LogP contribution in [0.4, 0.5) is 0 Å². The fraction of sp³-hybridized carbons (Fsp3) is 0.571. The Morgan fingerprint density at radius 3 is 2.84 bits per heavy atom. The van der Waals surface area contributed by atoms with Gasteiger partial charge in [-0.3, -0.25) is 0 Å². The molecule has 1 aliphatic rings. The third-order valence-corrected chi connectivity index (χ3v) is 3.81. The van der Waals surface area contributed by atoms with Crippen LogP contribution in [0.2, 0.25) is 0 Å². The number of rotatable bonds is 6. The molecule has 0 bridgehead atoms. The maximum Gasteiger partial charge on any atom is 0.174 e. The SMILES string of the molecule is COc1cc(CNC[C@@H]2CCCO2)cc(Br)c1OC. The second-order valence-electron chi connectivity index (χ2n) is 4.58. The Kier molecular flexibility index (Phi) is 5.48. The van der Waals surface area contributed by atoms with Crippen LogP contribution < -0.4 is 14.8 Å². The minimum Gasteiger partial charge on any atom is -0.493 e. The van der Waals surface area contributed by atoms with Gasteiger partial charge in [0.2, 0.25) is 0 Å². The largest absolute Gasteiger partial charge is 0.493 e. The Morgan fingerprint density at radius 2 is 2.21 bits per heavy atom. The highest BCUT2D eigenvalue weighted by Crippen LogP contribution is 2.36. The molecule has 5 heteroatoms. The Labute approximate surface area is 122 Å². The number of ether oxygens (including phenoxy) is 3. The van der Waals surface area contributed by atoms with Crippen LogP contribution in [0.3, 0.4) is 0 Å². The molecular weight excluding hydrogens is 310 g/mol. The number of hydrogen-bond donors (Lipinski definition) is 1. The van der Waals surface area contributed by atoms with Crippen molar-refractivity contribution >= 4 is 15.9 Å². The monoisotopic (exact) mass is 329 g/mol. The molecule has 1 fully saturated rings. The van der Waals surface area contributed by atoms with E-state index in [-0.39, 0.29) is 0 Å². The van der Waals surface area contributed by atoms with Crippen LogP contribution in [0, 0.1) is 0 Å². The van der Waals surface area contributed by atoms with Crippen molar-refractivity contribution in [1.82, 2.24) is 5.32 Å². The van der Waals surface area contributed by atoms with Crippen molar-refractivity contribution in [3.63, 3.8) is 0 Å². The summed E-state index contributed by atoms with van der Waals surface area (Å²) in [5.41, 5.74) is 1.16. The highest BCUT2D eigenvalue weighted by molar-refractivity contribution is 9.10. The second kappa shape index (κ2) is 7.12. The topological polar surface area (TPSA) is 39.7 Å². The van der Waals surface area contributed by atoms with Crippen LogP contribution in [-0.4, -0.2) is 33.5 Å². The normalized spacial score (nSPS) is 18.6. The molecule has 0 saturated carbocycles. The van der Waals surface area contributed by atoms with Crippen LogP contribution >= 0.6 is 15.9 Å². The quantitative estimate of drug-likeness (QED) is 0.871. The third-order valence-electron chi connectivity index (χ3n) is 3.22. The van der Waals surface area contributed by atoms with Crippen LogP contribution in [0.15, 0.2) is 16.6 Å². The number of hydrogen-bond acceptors (Lipinski definition) is 4. The van der Waals surface area contributed by atoms with Gasteiger partial charge in [-0.2, -0.15) is 0 Å². The molecule has 1 saturated heterocycles. The van der Waals surface area contributed by atoms with Gasteiger partial charge in [0, 0.05) is 19.7 Å². The van der Waals surface area contributed by atoms with E-state index in [4.69, 9.17) is 14.2 Å². The van der Waals surface area contributed by atoms with Crippen molar-refractivity contribution in [3.05, 3.63) is 22.2 Å². The summed E-state index contributed by atoms with van der Waals surface area (Å²) in [6, 6.07) is 4.04. The molecule has 2 rings (SSSR count). The van der Waals surface area contributed by atoms with Crippen molar-refractivity contribution < 1.29 is 14.2 Å². The molecule has 1 aromatic carbocycles. The zero-order valence-corrected chi connectivity index (χ0v) is 13.0. The number of benzene rings is 1. The Bertz CT molecular complexity index is 419. The maximum absolute atomic E-state index is 5.58. The van der Waals surface area contributed by atoms with Gasteiger partial charge in [-0.15, -0.1) is 0 Å². The van der Waals surface area contributed by atoms with Crippen molar-refractivity contribution in [1.29, 1.82) is 0 Å². The number of methoxy groups -OCH3 is 2. The molecule has 106 valence electrons. The second-order valence-corrected chi connectivity index (χ2v) is 5.43. The lowest BCUT2D eigenvalue weighted by Crippen LogP contribution is -2.25. The van der Waals surface area contributed by atoms with Gasteiger partial charge in [-0.05, 0) is 46.5 Å². The highest BCUT2D eigenvalue weighted by Gasteiger charge is 2.15. The summed E-state index contributed by atoms with van der Waals surface area (Å²) in [4.78, 5) is 0. The molecular formula is C14H20BrNO3. The van der Waals surface area contributed by atoms with Gasteiger partial charge in [-0.1, -0.05) is 0 Å². The first-order valence-corrected chi connectivity index (χ1v) is 7.26. The minimum absolute atomic E-state index is 0.364. The maximum atomic E-state index is 5.58. The van der Waals surface area contributed by atoms with Crippen LogP contribution in [0.1, 0.15) is 18.4 Å². The summed E-state index contributed by atoms with van der Waals surface area (Å²) in [6.45, 7) is 2.58. The lowest BCUT2D eigenvalue weighted by atomic mass is 10.2. The zero-order valence-electron chi connectivity index (χ0n) is 11.4. The summed E-state index contributed by atoms with van der Waals surface area (Å²) in [7, 11) is 3.28. The molecule has 1 aromatic rings. The fourth-order valence-electron chi connectivity index (χ4n) is 2.26. The Hall–Kier alpha value is -0.780. The Morgan fingerprint density at radius 1 is 1.37 bits per heavy atom. The van der Waals surface area contributed by atoms with E-state index in [9.17, 15) is 0 Å². The molecule has 0 aromatic heterocycles. The molecule has 0 amide bonds. The van der Waals surface area contributed by atoms with Crippen molar-refractivity contribution in [2.24, 2.45) is 0 Å². The van der Waals surface area contributed by atoms with Crippen LogP contribution in [-0.2, 0) is 11.3 Å². The van der Waals surface area contributed by atoms with Gasteiger partial charge in [0.15, 0.2) is 11.5 Å². The summed E-state index contributed by atoms with van der Waals surface area (Å²) < 4.78 is 17.1. The minimum atomic E-state index is 0.364. The van der Waals surface area contributed by atoms with Gasteiger partial charge in [0.25, 0.3) is 0 Å². The molecule has 1 atom stereocenters. The van der Waals surface area contributed by atoms with E-state index in [1.165, 1.54) is 6.42 Å². The lowest BCUT2D eigenvalue weighted by Gasteiger charge is -2.14. The molecule has 0 unspecified atom stereocenters. The molecule has 19 heavy (non-hydrogen) atoms. The van der Waals surface area contributed by atoms with Crippen molar-refractivity contribution in [3.8, 4) is 11.5 Å². The van der Waals surface area contributed by atoms with E-state index in [0.29, 0.717) is 6.10 Å². The Balaban J connectivity index is 1.94. The zero-order chi connectivity index (χ0) is 13.7. The molecule has 0 aliphatic carbocycles. The van der Waals surface area contributed by atoms with Gasteiger partial charge < -0.3 is 19.5 Å². The van der Waals surface area contributed by atoms with E-state index in [1.54, 1.807) is 14.2 Å². The summed E-state index contributed by atoms with van der Waals surface area (Å²) in [5.74, 6) is 1.47. The van der Waals surface area contributed by atoms with E-state index < -0.39 is 0 Å². The summed E-state index contributed by atoms with van der Waals surface area (Å²) in [6.07, 6.45) is 2.69. The number of nitrogens with one attached hydrogen (secondary N) is 1. The van der Waals surface area contributed by atoms with Crippen LogP contribution in [0.25, 0.3) is 0 Å². The number of halogens is 1. The first kappa shape index (κ1) is 14.6. The highest BCUT2D eigenvalue weighted by atomic mass is 79.9. The van der Waals surface area contributed by atoms with Gasteiger partial charge in [-0.25, -0.2) is 0 Å². The van der Waals surface area contributed by atoms with E-state index in [0.717, 1.165) is 47.7 Å². The fourth-order valence-corrected chi connectivity index (χ4v) is 2.91. The third kappa shape index (κ3) is 3.84. The smallest absolute Gasteiger partial charge is 0.174 e. The predicted molar refractivity (Wildman–Crippen MR) is 77.9 cm³/mol. The first-order valence-electron chi connectivity index (χ1n) is 6.47. The molecule has 0 radical (unpaired) electrons. The van der Waals surface area contributed by atoms with Gasteiger partial charge in [0.05, 0.1) is 24.8 Å².